The summed E-state index contributed by atoms with van der Waals surface area (Å²) in [4.78, 5) is 3.96. The molecule has 6 heteroatoms. The Balaban J connectivity index is 2.07. The molecule has 0 aliphatic carbocycles. The molecule has 3 nitrogen and oxygen atoms in total. The van der Waals surface area contributed by atoms with Gasteiger partial charge in [0.25, 0.3) is 0 Å². The van der Waals surface area contributed by atoms with Crippen molar-refractivity contribution in [3.63, 3.8) is 0 Å². The fourth-order valence-corrected chi connectivity index (χ4v) is 1.67. The molecule has 1 N–H and O–H groups in total. The van der Waals surface area contributed by atoms with Gasteiger partial charge in [0.05, 0.1) is 16.3 Å². The summed E-state index contributed by atoms with van der Waals surface area (Å²) in [5.41, 5.74) is 3.29. The first kappa shape index (κ1) is 12.8. The van der Waals surface area contributed by atoms with Crippen molar-refractivity contribution in [2.75, 3.05) is 5.43 Å². The number of nitrogens with one attached hydrogen (secondary N) is 1. The van der Waals surface area contributed by atoms with Crippen molar-refractivity contribution in [1.82, 2.24) is 4.98 Å². The lowest BCUT2D eigenvalue weighted by Gasteiger charge is -2.01. The Morgan fingerprint density at radius 1 is 1.28 bits per heavy atom. The fraction of sp³-hybridized carbons (Fsp3) is 0. The van der Waals surface area contributed by atoms with Crippen LogP contribution in [-0.2, 0) is 0 Å². The minimum absolute atomic E-state index is 0.318. The zero-order chi connectivity index (χ0) is 13.0. The Bertz CT molecular complexity index is 587. The molecule has 0 saturated carbocycles. The van der Waals surface area contributed by atoms with E-state index in [1.54, 1.807) is 18.2 Å². The minimum atomic E-state index is -0.318. The second-order valence-electron chi connectivity index (χ2n) is 3.41. The van der Waals surface area contributed by atoms with Crippen LogP contribution in [0.4, 0.5) is 10.2 Å². The van der Waals surface area contributed by atoms with Gasteiger partial charge in [-0.1, -0.05) is 35.3 Å². The number of pyridine rings is 1. The van der Waals surface area contributed by atoms with Gasteiger partial charge in [-0.2, -0.15) is 5.10 Å². The Kier molecular flexibility index (Phi) is 4.12. The number of hydrazone groups is 1. The van der Waals surface area contributed by atoms with Crippen molar-refractivity contribution in [2.45, 2.75) is 0 Å². The van der Waals surface area contributed by atoms with E-state index in [2.05, 4.69) is 15.5 Å². The summed E-state index contributed by atoms with van der Waals surface area (Å²) in [6.07, 6.45) is 2.92. The van der Waals surface area contributed by atoms with Crippen molar-refractivity contribution in [2.24, 2.45) is 5.10 Å². The molecule has 0 amide bonds. The lowest BCUT2D eigenvalue weighted by Crippen LogP contribution is -1.94. The van der Waals surface area contributed by atoms with E-state index in [4.69, 9.17) is 23.2 Å². The molecular weight excluding hydrogens is 276 g/mol. The monoisotopic (exact) mass is 283 g/mol. The molecule has 1 aromatic heterocycles. The van der Waals surface area contributed by atoms with Crippen LogP contribution in [0.15, 0.2) is 41.6 Å². The van der Waals surface area contributed by atoms with Crippen molar-refractivity contribution < 1.29 is 4.39 Å². The van der Waals surface area contributed by atoms with Crippen molar-refractivity contribution in [1.29, 1.82) is 0 Å². The van der Waals surface area contributed by atoms with Crippen LogP contribution in [0.1, 0.15) is 5.56 Å². The maximum atomic E-state index is 12.9. The highest BCUT2D eigenvalue weighted by atomic mass is 35.5. The van der Waals surface area contributed by atoms with E-state index in [1.165, 1.54) is 24.5 Å². The highest BCUT2D eigenvalue weighted by Crippen LogP contribution is 2.22. The quantitative estimate of drug-likeness (QED) is 0.684. The van der Waals surface area contributed by atoms with Gasteiger partial charge in [-0.25, -0.2) is 9.37 Å². The number of benzene rings is 1. The zero-order valence-corrected chi connectivity index (χ0v) is 10.6. The summed E-state index contributed by atoms with van der Waals surface area (Å²) < 4.78 is 12.9. The standard InChI is InChI=1S/C12H8Cl2FN3/c13-9-5-11(14)12(16-7-9)18-17-6-8-2-1-3-10(15)4-8/h1-7H,(H,16,18)/b17-6-. The number of halogens is 3. The molecule has 1 aromatic carbocycles. The first-order valence-corrected chi connectivity index (χ1v) is 5.76. The number of nitrogens with zero attached hydrogens (tertiary/aromatic N) is 2. The van der Waals surface area contributed by atoms with E-state index in [9.17, 15) is 4.39 Å². The molecule has 0 radical (unpaired) electrons. The fourth-order valence-electron chi connectivity index (χ4n) is 1.25. The van der Waals surface area contributed by atoms with Gasteiger partial charge in [0.2, 0.25) is 0 Å². The first-order valence-electron chi connectivity index (χ1n) is 5.01. The SMILES string of the molecule is Fc1cccc(/C=N\Nc2ncc(Cl)cc2Cl)c1. The van der Waals surface area contributed by atoms with Gasteiger partial charge in [0.1, 0.15) is 5.82 Å². The summed E-state index contributed by atoms with van der Waals surface area (Å²) >= 11 is 11.6. The molecule has 0 aliphatic heterocycles. The van der Waals surface area contributed by atoms with E-state index < -0.39 is 0 Å². The van der Waals surface area contributed by atoms with E-state index in [-0.39, 0.29) is 5.82 Å². The summed E-state index contributed by atoms with van der Waals surface area (Å²) in [7, 11) is 0. The lowest BCUT2D eigenvalue weighted by atomic mass is 10.2. The average molecular weight is 284 g/mol. The van der Waals surface area contributed by atoms with E-state index in [1.807, 2.05) is 0 Å². The van der Waals surface area contributed by atoms with Crippen LogP contribution in [0, 0.1) is 5.82 Å². The van der Waals surface area contributed by atoms with Gasteiger partial charge in [-0.3, -0.25) is 5.43 Å². The third-order valence-corrected chi connectivity index (χ3v) is 2.54. The Labute approximate surface area is 113 Å². The average Bonchev–Trinajstić information content (AvgIpc) is 2.32. The van der Waals surface area contributed by atoms with Crippen molar-refractivity contribution >= 4 is 35.2 Å². The summed E-state index contributed by atoms with van der Waals surface area (Å²) in [5.74, 6) is 0.0651. The maximum Gasteiger partial charge on any atom is 0.165 e. The number of hydrogen-bond acceptors (Lipinski definition) is 3. The Morgan fingerprint density at radius 2 is 2.11 bits per heavy atom. The second kappa shape index (κ2) is 5.80. The number of hydrogen-bond donors (Lipinski definition) is 1. The van der Waals surface area contributed by atoms with E-state index >= 15 is 0 Å². The molecule has 0 spiro atoms. The molecule has 92 valence electrons. The van der Waals surface area contributed by atoms with Crippen molar-refractivity contribution in [3.05, 3.63) is 58.0 Å². The Hall–Kier alpha value is -1.65. The van der Waals surface area contributed by atoms with Crippen LogP contribution in [0.5, 0.6) is 0 Å². The van der Waals surface area contributed by atoms with Crippen LogP contribution >= 0.6 is 23.2 Å². The van der Waals surface area contributed by atoms with E-state index in [0.29, 0.717) is 21.4 Å². The highest BCUT2D eigenvalue weighted by Gasteiger charge is 2.00. The maximum absolute atomic E-state index is 12.9. The third-order valence-electron chi connectivity index (χ3n) is 2.04. The van der Waals surface area contributed by atoms with E-state index in [0.717, 1.165) is 0 Å². The van der Waals surface area contributed by atoms with Crippen LogP contribution in [0.25, 0.3) is 0 Å². The van der Waals surface area contributed by atoms with Gasteiger partial charge in [0, 0.05) is 6.20 Å². The smallest absolute Gasteiger partial charge is 0.165 e. The number of anilines is 1. The summed E-state index contributed by atoms with van der Waals surface area (Å²) in [6, 6.07) is 7.61. The van der Waals surface area contributed by atoms with Crippen LogP contribution in [0.2, 0.25) is 10.0 Å². The van der Waals surface area contributed by atoms with Crippen molar-refractivity contribution in [3.8, 4) is 0 Å². The van der Waals surface area contributed by atoms with Gasteiger partial charge in [-0.05, 0) is 23.8 Å². The number of aromatic nitrogens is 1. The van der Waals surface area contributed by atoms with Gasteiger partial charge < -0.3 is 0 Å². The normalized spacial score (nSPS) is 10.8. The molecule has 1 heterocycles. The van der Waals surface area contributed by atoms with Crippen LogP contribution in [0.3, 0.4) is 0 Å². The third kappa shape index (κ3) is 3.42. The van der Waals surface area contributed by atoms with Gasteiger partial charge in [-0.15, -0.1) is 0 Å². The van der Waals surface area contributed by atoms with Crippen LogP contribution < -0.4 is 5.43 Å². The largest absolute Gasteiger partial charge is 0.260 e. The molecule has 0 bridgehead atoms. The molecule has 0 fully saturated rings. The predicted molar refractivity (Wildman–Crippen MR) is 71.9 cm³/mol. The number of rotatable bonds is 3. The molecule has 0 saturated heterocycles. The highest BCUT2D eigenvalue weighted by molar-refractivity contribution is 6.35. The molecule has 18 heavy (non-hydrogen) atoms. The first-order chi connectivity index (χ1) is 8.65. The molecule has 0 atom stereocenters. The molecule has 0 aliphatic rings. The Morgan fingerprint density at radius 3 is 2.83 bits per heavy atom. The summed E-state index contributed by atoms with van der Waals surface area (Å²) in [5, 5.41) is 4.72. The lowest BCUT2D eigenvalue weighted by molar-refractivity contribution is 0.627. The molecule has 2 rings (SSSR count). The molecular formula is C12H8Cl2FN3. The zero-order valence-electron chi connectivity index (χ0n) is 9.07. The topological polar surface area (TPSA) is 37.3 Å². The molecule has 2 aromatic rings. The molecule has 0 unspecified atom stereocenters. The minimum Gasteiger partial charge on any atom is -0.260 e. The van der Waals surface area contributed by atoms with Gasteiger partial charge in [0.15, 0.2) is 5.82 Å². The summed E-state index contributed by atoms with van der Waals surface area (Å²) in [6.45, 7) is 0. The second-order valence-corrected chi connectivity index (χ2v) is 4.25. The predicted octanol–water partition coefficient (Wildman–Crippen LogP) is 3.97. The van der Waals surface area contributed by atoms with Gasteiger partial charge >= 0.3 is 0 Å². The van der Waals surface area contributed by atoms with Crippen LogP contribution in [-0.4, -0.2) is 11.2 Å².